The van der Waals surface area contributed by atoms with Crippen molar-refractivity contribution < 1.29 is 44.2 Å². The molecular formula is C26H49N5O9. The summed E-state index contributed by atoms with van der Waals surface area (Å²) in [6.45, 7) is 3.81. The Hall–Kier alpha value is -1.43. The number of nitrogens with two attached hydrogens (primary N) is 2. The number of aliphatic hydroxyl groups is 4. The Morgan fingerprint density at radius 2 is 2.17 bits per heavy atom. The van der Waals surface area contributed by atoms with E-state index in [1.807, 2.05) is 6.08 Å². The summed E-state index contributed by atoms with van der Waals surface area (Å²) in [4.78, 5) is 13.0. The molecule has 2 fully saturated rings. The van der Waals surface area contributed by atoms with Crippen molar-refractivity contribution in [2.45, 2.75) is 100 Å². The van der Waals surface area contributed by atoms with Gasteiger partial charge in [0.2, 0.25) is 0 Å². The summed E-state index contributed by atoms with van der Waals surface area (Å²) in [5.74, 6) is 0.123. The van der Waals surface area contributed by atoms with Crippen LogP contribution in [0.5, 0.6) is 0 Å². The predicted octanol–water partition coefficient (Wildman–Crippen LogP) is -2.88. The molecule has 1 aliphatic carbocycles. The fraction of sp³-hybridized carbons (Fsp3) is 0.885. The summed E-state index contributed by atoms with van der Waals surface area (Å²) in [6.07, 6.45) is -1.46. The molecule has 0 bridgehead atoms. The molecule has 0 radical (unpaired) electrons. The third-order valence-corrected chi connectivity index (χ3v) is 7.51. The monoisotopic (exact) mass is 575 g/mol. The van der Waals surface area contributed by atoms with Crippen molar-refractivity contribution in [3.05, 3.63) is 11.8 Å². The van der Waals surface area contributed by atoms with Gasteiger partial charge in [0.25, 0.3) is 5.91 Å². The lowest BCUT2D eigenvalue weighted by atomic mass is 9.83. The molecule has 1 unspecified atom stereocenters. The van der Waals surface area contributed by atoms with Crippen molar-refractivity contribution in [2.24, 2.45) is 11.5 Å². The van der Waals surface area contributed by atoms with Gasteiger partial charge in [0.1, 0.15) is 30.2 Å². The Bertz CT molecular complexity index is 801. The zero-order chi connectivity index (χ0) is 29.1. The van der Waals surface area contributed by atoms with Crippen LogP contribution in [-0.4, -0.2) is 127 Å². The van der Waals surface area contributed by atoms with Crippen LogP contribution in [-0.2, 0) is 23.7 Å². The van der Waals surface area contributed by atoms with Crippen molar-refractivity contribution in [3.8, 4) is 0 Å². The summed E-state index contributed by atoms with van der Waals surface area (Å²) in [6, 6.07) is -1.52. The molecule has 2 aliphatic heterocycles. The highest BCUT2D eigenvalue weighted by Gasteiger charge is 2.49. The van der Waals surface area contributed by atoms with Gasteiger partial charge >= 0.3 is 0 Å². The van der Waals surface area contributed by atoms with Gasteiger partial charge < -0.3 is 66.8 Å². The first-order valence-electron chi connectivity index (χ1n) is 14.4. The minimum Gasteiger partial charge on any atom is -0.468 e. The van der Waals surface area contributed by atoms with E-state index in [-0.39, 0.29) is 39.0 Å². The average Bonchev–Trinajstić information content (AvgIpc) is 3.40. The number of allylic oxidation sites excluding steroid dienone is 1. The Morgan fingerprint density at radius 3 is 2.85 bits per heavy atom. The summed E-state index contributed by atoms with van der Waals surface area (Å²) < 4.78 is 23.8. The zero-order valence-electron chi connectivity index (χ0n) is 23.4. The van der Waals surface area contributed by atoms with Crippen LogP contribution in [0.15, 0.2) is 11.8 Å². The first-order chi connectivity index (χ1) is 19.2. The second-order valence-electron chi connectivity index (χ2n) is 10.7. The van der Waals surface area contributed by atoms with Crippen molar-refractivity contribution in [2.75, 3.05) is 45.9 Å². The molecule has 1 amide bonds. The summed E-state index contributed by atoms with van der Waals surface area (Å²) in [5, 5.41) is 51.1. The van der Waals surface area contributed by atoms with E-state index in [1.54, 1.807) is 6.92 Å². The summed E-state index contributed by atoms with van der Waals surface area (Å²) in [7, 11) is 0. The van der Waals surface area contributed by atoms with Gasteiger partial charge in [0.15, 0.2) is 18.2 Å². The molecular weight excluding hydrogens is 526 g/mol. The first kappa shape index (κ1) is 33.1. The van der Waals surface area contributed by atoms with Crippen molar-refractivity contribution in [1.82, 2.24) is 16.0 Å². The van der Waals surface area contributed by atoms with E-state index in [2.05, 4.69) is 16.0 Å². The number of hydrogen-bond acceptors (Lipinski definition) is 13. The second kappa shape index (κ2) is 16.3. The molecule has 0 aromatic rings. The van der Waals surface area contributed by atoms with Crippen molar-refractivity contribution >= 4 is 5.91 Å². The highest BCUT2D eigenvalue weighted by molar-refractivity contribution is 5.86. The summed E-state index contributed by atoms with van der Waals surface area (Å²) in [5.41, 5.74) is 10.4. The van der Waals surface area contributed by atoms with E-state index < -0.39 is 60.6 Å². The van der Waals surface area contributed by atoms with Crippen molar-refractivity contribution in [1.29, 1.82) is 0 Å². The predicted molar refractivity (Wildman–Crippen MR) is 145 cm³/mol. The van der Waals surface area contributed by atoms with Crippen LogP contribution >= 0.6 is 0 Å². The van der Waals surface area contributed by atoms with Crippen LogP contribution in [0.2, 0.25) is 0 Å². The van der Waals surface area contributed by atoms with Crippen LogP contribution < -0.4 is 27.4 Å². The topological polar surface area (TPSA) is 223 Å². The highest BCUT2D eigenvalue weighted by Crippen LogP contribution is 2.30. The molecule has 0 aromatic carbocycles. The molecule has 14 nitrogen and oxygen atoms in total. The quantitative estimate of drug-likeness (QED) is 0.0667. The maximum absolute atomic E-state index is 13.0. The lowest BCUT2D eigenvalue weighted by Gasteiger charge is -2.46. The Labute approximate surface area is 235 Å². The molecule has 9 atom stereocenters. The first-order valence-corrected chi connectivity index (χ1v) is 14.4. The Kier molecular flexibility index (Phi) is 13.5. The van der Waals surface area contributed by atoms with Gasteiger partial charge in [-0.25, -0.2) is 0 Å². The van der Waals surface area contributed by atoms with Crippen LogP contribution in [0.1, 0.15) is 45.4 Å². The van der Waals surface area contributed by atoms with E-state index in [4.69, 9.17) is 30.4 Å². The molecule has 40 heavy (non-hydrogen) atoms. The maximum atomic E-state index is 13.0. The fourth-order valence-corrected chi connectivity index (χ4v) is 5.15. The maximum Gasteiger partial charge on any atom is 0.253 e. The van der Waals surface area contributed by atoms with E-state index in [9.17, 15) is 25.2 Å². The highest BCUT2D eigenvalue weighted by atomic mass is 16.7. The molecule has 0 aromatic heterocycles. The number of nitrogens with one attached hydrogen (secondary N) is 3. The Balaban J connectivity index is 1.73. The van der Waals surface area contributed by atoms with Crippen LogP contribution in [0, 0.1) is 0 Å². The molecule has 0 spiro atoms. The molecule has 11 N–H and O–H groups in total. The molecule has 232 valence electrons. The standard InChI is InChI=1S/C26H49N5O9/c1-2-19(33)24(37-12-11-32)40-23-18(31-25(35)26(36)7-10-30-15-26)13-17(28)22(21(23)34)39-20-6-3-5-16(38-20)14-29-9-4-8-27/h5,17-24,29-30,32-34,36H,2-4,6-15,27-28H2,1H3,(H,31,35)/t17-,18+,19+,20+,21-,22+,23-,24+,26?/m0/s1. The normalized spacial score (nSPS) is 34.1. The summed E-state index contributed by atoms with van der Waals surface area (Å²) >= 11 is 0. The molecule has 1 saturated carbocycles. The molecule has 2 heterocycles. The van der Waals surface area contributed by atoms with Gasteiger partial charge in [-0.05, 0) is 57.8 Å². The number of carbonyl (C=O) groups excluding carboxylic acids is 1. The van der Waals surface area contributed by atoms with Crippen LogP contribution in [0.25, 0.3) is 0 Å². The number of ether oxygens (including phenoxy) is 4. The van der Waals surface area contributed by atoms with E-state index in [0.717, 1.165) is 25.1 Å². The van der Waals surface area contributed by atoms with E-state index >= 15 is 0 Å². The van der Waals surface area contributed by atoms with Gasteiger partial charge in [-0.3, -0.25) is 4.79 Å². The van der Waals surface area contributed by atoms with E-state index in [0.29, 0.717) is 26.1 Å². The minimum atomic E-state index is -1.60. The molecule has 1 saturated heterocycles. The van der Waals surface area contributed by atoms with Gasteiger partial charge in [-0.15, -0.1) is 0 Å². The van der Waals surface area contributed by atoms with Gasteiger partial charge in [0.05, 0.1) is 25.8 Å². The number of carbonyl (C=O) groups is 1. The molecule has 3 rings (SSSR count). The SMILES string of the molecule is CC[C@@H](O)[C@H](OCCO)O[C@@H]1[C@@H](O)[C@H](O[C@@H]2CCC=C(CNCCCN)O2)[C@@H](N)C[C@H]1NC(=O)C1(O)CCNC1. The van der Waals surface area contributed by atoms with Crippen molar-refractivity contribution in [3.63, 3.8) is 0 Å². The minimum absolute atomic E-state index is 0.100. The fourth-order valence-electron chi connectivity index (χ4n) is 5.15. The number of β-amino-alcohol motifs (C(OH)–C–C–N with tert-alkyl or cyclic N) is 1. The number of aliphatic hydroxyl groups excluding tert-OH is 3. The zero-order valence-corrected chi connectivity index (χ0v) is 23.4. The molecule has 14 heteroatoms. The molecule has 3 aliphatic rings. The lowest BCUT2D eigenvalue weighted by molar-refractivity contribution is -0.269. The largest absolute Gasteiger partial charge is 0.468 e. The second-order valence-corrected chi connectivity index (χ2v) is 10.7. The Morgan fingerprint density at radius 1 is 1.38 bits per heavy atom. The van der Waals surface area contributed by atoms with Gasteiger partial charge in [0, 0.05) is 19.0 Å². The average molecular weight is 576 g/mol. The number of rotatable bonds is 16. The van der Waals surface area contributed by atoms with Crippen LogP contribution in [0.4, 0.5) is 0 Å². The lowest BCUT2D eigenvalue weighted by Crippen LogP contribution is -2.67. The van der Waals surface area contributed by atoms with E-state index in [1.165, 1.54) is 0 Å². The smallest absolute Gasteiger partial charge is 0.253 e. The van der Waals surface area contributed by atoms with Crippen LogP contribution in [0.3, 0.4) is 0 Å². The number of amides is 1. The van der Waals surface area contributed by atoms with Gasteiger partial charge in [-0.2, -0.15) is 0 Å². The third-order valence-electron chi connectivity index (χ3n) is 7.51. The number of hydrogen-bond donors (Lipinski definition) is 9. The third kappa shape index (κ3) is 9.03. The van der Waals surface area contributed by atoms with Gasteiger partial charge in [-0.1, -0.05) is 6.92 Å².